The van der Waals surface area contributed by atoms with Crippen LogP contribution in [0.15, 0.2) is 41.2 Å². The van der Waals surface area contributed by atoms with Gasteiger partial charge in [-0.1, -0.05) is 42.4 Å². The largest absolute Gasteiger partial charge is 0.506 e. The van der Waals surface area contributed by atoms with E-state index >= 15 is 0 Å². The quantitative estimate of drug-likeness (QED) is 0.323. The van der Waals surface area contributed by atoms with E-state index in [1.54, 1.807) is 18.2 Å². The van der Waals surface area contributed by atoms with Gasteiger partial charge in [-0.3, -0.25) is 14.5 Å². The van der Waals surface area contributed by atoms with E-state index in [1.165, 1.54) is 31.7 Å². The van der Waals surface area contributed by atoms with Crippen molar-refractivity contribution in [3.05, 3.63) is 63.0 Å². The van der Waals surface area contributed by atoms with Crippen molar-refractivity contribution in [2.75, 3.05) is 32.7 Å². The van der Waals surface area contributed by atoms with Crippen molar-refractivity contribution < 1.29 is 14.3 Å². The lowest BCUT2D eigenvalue weighted by Gasteiger charge is -2.32. The number of aromatic amines is 1. The number of aromatic nitrogens is 1. The van der Waals surface area contributed by atoms with E-state index in [4.69, 9.17) is 5.73 Å². The van der Waals surface area contributed by atoms with Crippen LogP contribution in [0.5, 0.6) is 5.75 Å². The number of rotatable bonds is 13. The molecule has 4 rings (SSSR count). The molecule has 0 bridgehead atoms. The number of H-pyrrole nitrogens is 1. The Balaban J connectivity index is 1.41. The van der Waals surface area contributed by atoms with Gasteiger partial charge in [-0.15, -0.1) is 0 Å². The zero-order valence-corrected chi connectivity index (χ0v) is 21.4. The van der Waals surface area contributed by atoms with E-state index in [1.807, 2.05) is 12.1 Å². The number of fused-ring (bicyclic) bond motifs is 1. The Morgan fingerprint density at radius 1 is 1.08 bits per heavy atom. The fourth-order valence-corrected chi connectivity index (χ4v) is 6.03. The van der Waals surface area contributed by atoms with Crippen molar-refractivity contribution in [2.24, 2.45) is 5.73 Å². The van der Waals surface area contributed by atoms with Crippen molar-refractivity contribution in [3.8, 4) is 5.75 Å². The van der Waals surface area contributed by atoms with Crippen molar-refractivity contribution in [3.63, 3.8) is 0 Å². The summed E-state index contributed by atoms with van der Waals surface area (Å²) in [6.45, 7) is 3.81. The van der Waals surface area contributed by atoms with Gasteiger partial charge < -0.3 is 20.7 Å². The average Bonchev–Trinajstić information content (AvgIpc) is 3.52. The average molecular weight is 515 g/mol. The van der Waals surface area contributed by atoms with Crippen LogP contribution in [0, 0.1) is 5.82 Å². The van der Waals surface area contributed by atoms with Gasteiger partial charge >= 0.3 is 4.87 Å². The van der Waals surface area contributed by atoms with Crippen LogP contribution in [0.1, 0.15) is 43.2 Å². The summed E-state index contributed by atoms with van der Waals surface area (Å²) in [6, 6.07) is 10.7. The number of hydrogen-bond donors (Lipinski definition) is 3. The minimum atomic E-state index is -0.319. The molecule has 36 heavy (non-hydrogen) atoms. The van der Waals surface area contributed by atoms with Crippen LogP contribution in [-0.2, 0) is 17.6 Å². The molecular weight excluding hydrogens is 479 g/mol. The number of nitrogens with zero attached hydrogens (tertiary/aromatic N) is 2. The second kappa shape index (κ2) is 12.5. The molecule has 0 atom stereocenters. The lowest BCUT2D eigenvalue weighted by atomic mass is 10.1. The monoisotopic (exact) mass is 514 g/mol. The van der Waals surface area contributed by atoms with Gasteiger partial charge in [-0.25, -0.2) is 4.39 Å². The topological polar surface area (TPSA) is 103 Å². The first-order valence-electron chi connectivity index (χ1n) is 12.7. The number of nitrogens with two attached hydrogens (primary N) is 1. The van der Waals surface area contributed by atoms with Crippen LogP contribution < -0.4 is 10.6 Å². The van der Waals surface area contributed by atoms with E-state index in [0.717, 1.165) is 59.8 Å². The molecule has 2 aromatic carbocycles. The highest BCUT2D eigenvalue weighted by atomic mass is 32.1. The lowest BCUT2D eigenvalue weighted by molar-refractivity contribution is -0.118. The standard InChI is InChI=1S/C27H35FN4O3S/c28-21-5-3-4-19(18-21)10-13-31(14-12-24(29)34)16-17-32(22-6-1-2-7-22)15-11-20-8-9-23(33)25-26(20)36-27(35)30-25/h3-5,8-9,18,22,33H,1-2,6-7,10-17H2,(H2,29,34)(H,30,35). The van der Waals surface area contributed by atoms with E-state index in [2.05, 4.69) is 14.8 Å². The molecule has 1 amide bonds. The number of phenolic OH excluding ortho intramolecular Hbond substituents is 1. The molecule has 1 aromatic heterocycles. The molecule has 0 radical (unpaired) electrons. The van der Waals surface area contributed by atoms with Crippen LogP contribution >= 0.6 is 11.3 Å². The van der Waals surface area contributed by atoms with Crippen LogP contribution in [0.4, 0.5) is 4.39 Å². The predicted octanol–water partition coefficient (Wildman–Crippen LogP) is 3.64. The number of carbonyl (C=O) groups is 1. The molecular formula is C27H35FN4O3S. The first kappa shape index (κ1) is 26.3. The maximum Gasteiger partial charge on any atom is 0.305 e. The van der Waals surface area contributed by atoms with Crippen LogP contribution in [0.2, 0.25) is 0 Å². The number of benzene rings is 2. The number of aromatic hydroxyl groups is 1. The van der Waals surface area contributed by atoms with E-state index in [-0.39, 0.29) is 22.3 Å². The van der Waals surface area contributed by atoms with Crippen molar-refractivity contribution in [1.82, 2.24) is 14.8 Å². The molecule has 4 N–H and O–H groups in total. The molecule has 7 nitrogen and oxygen atoms in total. The molecule has 1 aliphatic carbocycles. The number of phenols is 1. The third kappa shape index (κ3) is 7.15. The molecule has 1 heterocycles. The Hall–Kier alpha value is -2.75. The maximum atomic E-state index is 13.6. The van der Waals surface area contributed by atoms with Crippen molar-refractivity contribution >= 4 is 27.5 Å². The number of carbonyl (C=O) groups excluding carboxylic acids is 1. The van der Waals surface area contributed by atoms with E-state index in [0.29, 0.717) is 30.9 Å². The summed E-state index contributed by atoms with van der Waals surface area (Å²) in [6.07, 6.45) is 6.60. The molecule has 0 spiro atoms. The van der Waals surface area contributed by atoms with Crippen LogP contribution in [0.3, 0.4) is 0 Å². The summed E-state index contributed by atoms with van der Waals surface area (Å²) in [7, 11) is 0. The molecule has 0 aliphatic heterocycles. The lowest BCUT2D eigenvalue weighted by Crippen LogP contribution is -2.42. The Bertz CT molecular complexity index is 1220. The van der Waals surface area contributed by atoms with Crippen molar-refractivity contribution in [1.29, 1.82) is 0 Å². The first-order chi connectivity index (χ1) is 17.4. The van der Waals surface area contributed by atoms with Gasteiger partial charge in [0.1, 0.15) is 17.1 Å². The summed E-state index contributed by atoms with van der Waals surface area (Å²) in [5, 5.41) is 10.1. The Kier molecular flexibility index (Phi) is 9.12. The van der Waals surface area contributed by atoms with E-state index < -0.39 is 0 Å². The van der Waals surface area contributed by atoms with Gasteiger partial charge in [0.25, 0.3) is 0 Å². The first-order valence-corrected chi connectivity index (χ1v) is 13.5. The van der Waals surface area contributed by atoms with Gasteiger partial charge in [0.05, 0.1) is 4.70 Å². The summed E-state index contributed by atoms with van der Waals surface area (Å²) < 4.78 is 14.4. The SMILES string of the molecule is NC(=O)CCN(CCc1cccc(F)c1)CCN(CCc1ccc(O)c2[nH]c(=O)sc12)C1CCCC1. The molecule has 0 unspecified atom stereocenters. The highest BCUT2D eigenvalue weighted by Crippen LogP contribution is 2.29. The third-order valence-corrected chi connectivity index (χ3v) is 8.09. The van der Waals surface area contributed by atoms with E-state index in [9.17, 15) is 19.1 Å². The number of halogens is 1. The van der Waals surface area contributed by atoms with Crippen LogP contribution in [0.25, 0.3) is 10.2 Å². The minimum absolute atomic E-state index is 0.100. The maximum absolute atomic E-state index is 13.6. The highest BCUT2D eigenvalue weighted by molar-refractivity contribution is 7.16. The molecule has 9 heteroatoms. The number of hydrogen-bond acceptors (Lipinski definition) is 6. The Morgan fingerprint density at radius 3 is 2.64 bits per heavy atom. The van der Waals surface area contributed by atoms with Gasteiger partial charge in [-0.2, -0.15) is 0 Å². The number of thiazole rings is 1. The fraction of sp³-hybridized carbons (Fsp3) is 0.481. The predicted molar refractivity (Wildman–Crippen MR) is 142 cm³/mol. The van der Waals surface area contributed by atoms with Crippen LogP contribution in [-0.4, -0.2) is 64.6 Å². The normalized spacial score (nSPS) is 14.4. The molecule has 3 aromatic rings. The summed E-state index contributed by atoms with van der Waals surface area (Å²) in [5.41, 5.74) is 7.94. The molecule has 1 aliphatic rings. The van der Waals surface area contributed by atoms with Gasteiger partial charge in [0, 0.05) is 45.2 Å². The minimum Gasteiger partial charge on any atom is -0.506 e. The molecule has 1 fully saturated rings. The fourth-order valence-electron chi connectivity index (χ4n) is 5.13. The third-order valence-electron chi connectivity index (χ3n) is 7.13. The summed E-state index contributed by atoms with van der Waals surface area (Å²) in [5.74, 6) is -0.456. The van der Waals surface area contributed by atoms with Gasteiger partial charge in [0.15, 0.2) is 0 Å². The zero-order chi connectivity index (χ0) is 25.5. The molecule has 194 valence electrons. The number of primary amides is 1. The van der Waals surface area contributed by atoms with Gasteiger partial charge in [0.2, 0.25) is 5.91 Å². The van der Waals surface area contributed by atoms with Gasteiger partial charge in [-0.05, 0) is 55.0 Å². The Labute approximate surface area is 214 Å². The second-order valence-corrected chi connectivity index (χ2v) is 10.6. The van der Waals surface area contributed by atoms with Crippen molar-refractivity contribution in [2.45, 2.75) is 51.0 Å². The second-order valence-electron chi connectivity index (χ2n) is 9.62. The highest BCUT2D eigenvalue weighted by Gasteiger charge is 2.23. The number of nitrogens with one attached hydrogen (secondary N) is 1. The molecule has 1 saturated carbocycles. The zero-order valence-electron chi connectivity index (χ0n) is 20.5. The number of amides is 1. The smallest absolute Gasteiger partial charge is 0.305 e. The molecule has 0 saturated heterocycles. The summed E-state index contributed by atoms with van der Waals surface area (Å²) in [4.78, 5) is 30.7. The Morgan fingerprint density at radius 2 is 1.89 bits per heavy atom. The summed E-state index contributed by atoms with van der Waals surface area (Å²) >= 11 is 1.14.